The molecule has 4 N–H and O–H groups in total. The van der Waals surface area contributed by atoms with Crippen LogP contribution in [0.3, 0.4) is 0 Å². The lowest BCUT2D eigenvalue weighted by molar-refractivity contribution is -0.124. The molecule has 152 valence electrons. The molecule has 0 bridgehead atoms. The molecular formula is C19H13ClF2N6O2. The van der Waals surface area contributed by atoms with Crippen molar-refractivity contribution in [3.05, 3.63) is 71.1 Å². The average Bonchev–Trinajstić information content (AvgIpc) is 3.15. The molecule has 0 saturated carbocycles. The van der Waals surface area contributed by atoms with Gasteiger partial charge in [-0.3, -0.25) is 4.79 Å². The summed E-state index contributed by atoms with van der Waals surface area (Å²) in [5.74, 6) is -2.75. The van der Waals surface area contributed by atoms with Gasteiger partial charge >= 0.3 is 0 Å². The van der Waals surface area contributed by atoms with Crippen LogP contribution in [0.15, 0.2) is 48.9 Å². The number of carbonyl (C=O) groups excluding carboxylic acids is 1. The molecule has 4 aromatic rings. The zero-order chi connectivity index (χ0) is 21.4. The number of fused-ring (bicyclic) bond motifs is 1. The largest absolute Gasteiger partial charge is 0.382 e. The van der Waals surface area contributed by atoms with Crippen LogP contribution < -0.4 is 11.1 Å². The number of rotatable bonds is 4. The topological polar surface area (TPSA) is 119 Å². The lowest BCUT2D eigenvalue weighted by Crippen LogP contribution is -2.21. The number of benzene rings is 2. The number of nitrogens with one attached hydrogen (secondary N) is 1. The van der Waals surface area contributed by atoms with Crippen LogP contribution in [0.5, 0.6) is 0 Å². The van der Waals surface area contributed by atoms with E-state index in [9.17, 15) is 18.7 Å². The number of carbonyl (C=O) groups is 1. The fourth-order valence-electron chi connectivity index (χ4n) is 2.89. The summed E-state index contributed by atoms with van der Waals surface area (Å²) in [4.78, 5) is 20.1. The first-order valence-electron chi connectivity index (χ1n) is 8.53. The van der Waals surface area contributed by atoms with Crippen LogP contribution in [0.2, 0.25) is 5.02 Å². The van der Waals surface area contributed by atoms with E-state index in [1.807, 2.05) is 0 Å². The SMILES string of the molecule is Nc1ncnc2cnn(-c3cc(F)c(NC(=O)C(O)c4cccc(Cl)c4)cc3F)c12. The smallest absolute Gasteiger partial charge is 0.257 e. The molecular weight excluding hydrogens is 418 g/mol. The fraction of sp³-hybridized carbons (Fsp3) is 0.0526. The highest BCUT2D eigenvalue weighted by Crippen LogP contribution is 2.27. The van der Waals surface area contributed by atoms with E-state index in [1.165, 1.54) is 24.7 Å². The number of anilines is 2. The molecule has 11 heteroatoms. The third kappa shape index (κ3) is 3.53. The molecule has 1 unspecified atom stereocenters. The number of aliphatic hydroxyl groups is 1. The van der Waals surface area contributed by atoms with Crippen molar-refractivity contribution >= 4 is 40.0 Å². The summed E-state index contributed by atoms with van der Waals surface area (Å²) in [5.41, 5.74) is 5.86. The van der Waals surface area contributed by atoms with E-state index in [2.05, 4.69) is 20.4 Å². The van der Waals surface area contributed by atoms with E-state index in [0.717, 1.165) is 16.8 Å². The highest BCUT2D eigenvalue weighted by molar-refractivity contribution is 6.30. The van der Waals surface area contributed by atoms with Gasteiger partial charge in [0.2, 0.25) is 0 Å². The Kier molecular flexibility index (Phi) is 5.02. The molecule has 1 amide bonds. The predicted octanol–water partition coefficient (Wildman–Crippen LogP) is 3.00. The molecule has 0 aliphatic heterocycles. The summed E-state index contributed by atoms with van der Waals surface area (Å²) in [6.07, 6.45) is 0.935. The zero-order valence-corrected chi connectivity index (χ0v) is 15.8. The molecule has 0 aliphatic rings. The first kappa shape index (κ1) is 19.7. The molecule has 4 rings (SSSR count). The second-order valence-electron chi connectivity index (χ2n) is 6.28. The van der Waals surface area contributed by atoms with Crippen molar-refractivity contribution in [1.29, 1.82) is 0 Å². The van der Waals surface area contributed by atoms with Gasteiger partial charge in [-0.05, 0) is 17.7 Å². The minimum atomic E-state index is -1.63. The first-order valence-corrected chi connectivity index (χ1v) is 8.91. The minimum Gasteiger partial charge on any atom is -0.382 e. The summed E-state index contributed by atoms with van der Waals surface area (Å²) in [7, 11) is 0. The number of hydrogen-bond donors (Lipinski definition) is 3. The Morgan fingerprint density at radius 1 is 1.20 bits per heavy atom. The van der Waals surface area contributed by atoms with Gasteiger partial charge < -0.3 is 16.2 Å². The zero-order valence-electron chi connectivity index (χ0n) is 15.1. The van der Waals surface area contributed by atoms with Gasteiger partial charge in [0.05, 0.1) is 11.9 Å². The van der Waals surface area contributed by atoms with Crippen LogP contribution in [0, 0.1) is 11.6 Å². The van der Waals surface area contributed by atoms with Crippen molar-refractivity contribution in [3.63, 3.8) is 0 Å². The van der Waals surface area contributed by atoms with Gasteiger partial charge in [0.1, 0.15) is 28.9 Å². The third-order valence-corrected chi connectivity index (χ3v) is 4.56. The minimum absolute atomic E-state index is 0.0410. The lowest BCUT2D eigenvalue weighted by Gasteiger charge is -2.14. The highest BCUT2D eigenvalue weighted by atomic mass is 35.5. The molecule has 2 aromatic heterocycles. The Labute approximate surface area is 172 Å². The van der Waals surface area contributed by atoms with Crippen molar-refractivity contribution in [2.75, 3.05) is 11.1 Å². The van der Waals surface area contributed by atoms with Gasteiger partial charge in [-0.2, -0.15) is 5.10 Å². The molecule has 8 nitrogen and oxygen atoms in total. The van der Waals surface area contributed by atoms with Gasteiger partial charge in [-0.15, -0.1) is 0 Å². The van der Waals surface area contributed by atoms with E-state index in [0.29, 0.717) is 10.5 Å². The van der Waals surface area contributed by atoms with Gasteiger partial charge in [0.25, 0.3) is 5.91 Å². The van der Waals surface area contributed by atoms with E-state index < -0.39 is 29.3 Å². The lowest BCUT2D eigenvalue weighted by atomic mass is 10.1. The Bertz CT molecular complexity index is 1280. The third-order valence-electron chi connectivity index (χ3n) is 4.32. The first-order chi connectivity index (χ1) is 14.3. The van der Waals surface area contributed by atoms with Crippen molar-refractivity contribution < 1.29 is 18.7 Å². The summed E-state index contributed by atoms with van der Waals surface area (Å²) < 4.78 is 30.4. The van der Waals surface area contributed by atoms with E-state index >= 15 is 0 Å². The normalized spacial score (nSPS) is 12.1. The molecule has 30 heavy (non-hydrogen) atoms. The summed E-state index contributed by atoms with van der Waals surface area (Å²) in [6, 6.07) is 7.61. The highest BCUT2D eigenvalue weighted by Gasteiger charge is 2.21. The van der Waals surface area contributed by atoms with E-state index in [1.54, 1.807) is 12.1 Å². The van der Waals surface area contributed by atoms with Crippen LogP contribution in [0.1, 0.15) is 11.7 Å². The van der Waals surface area contributed by atoms with Crippen LogP contribution in [0.4, 0.5) is 20.3 Å². The van der Waals surface area contributed by atoms with Crippen LogP contribution in [-0.2, 0) is 4.79 Å². The molecule has 0 saturated heterocycles. The Hall–Kier alpha value is -3.63. The maximum atomic E-state index is 14.7. The van der Waals surface area contributed by atoms with Gasteiger partial charge in [0.15, 0.2) is 17.7 Å². The van der Waals surface area contributed by atoms with Crippen LogP contribution in [0.25, 0.3) is 16.7 Å². The van der Waals surface area contributed by atoms with Crippen molar-refractivity contribution in [3.8, 4) is 5.69 Å². The van der Waals surface area contributed by atoms with Gasteiger partial charge in [0, 0.05) is 17.2 Å². The van der Waals surface area contributed by atoms with Crippen molar-refractivity contribution in [2.24, 2.45) is 0 Å². The summed E-state index contributed by atoms with van der Waals surface area (Å²) >= 11 is 5.84. The standard InChI is InChI=1S/C19H13ClF2N6O2/c20-10-3-1-2-9(4-10)17(29)19(30)27-13-5-12(22)15(6-11(13)21)28-16-14(7-26-28)24-8-25-18(16)23/h1-8,17,29H,(H,27,30)(H2,23,24,25). The van der Waals surface area contributed by atoms with Crippen LogP contribution in [-0.4, -0.2) is 30.8 Å². The molecule has 0 aliphatic carbocycles. The van der Waals surface area contributed by atoms with Crippen LogP contribution >= 0.6 is 11.6 Å². The molecule has 0 spiro atoms. The number of hydrogen-bond acceptors (Lipinski definition) is 6. The fourth-order valence-corrected chi connectivity index (χ4v) is 3.09. The molecule has 2 heterocycles. The second kappa shape index (κ2) is 7.65. The maximum absolute atomic E-state index is 14.7. The Balaban J connectivity index is 1.65. The summed E-state index contributed by atoms with van der Waals surface area (Å²) in [6.45, 7) is 0. The summed E-state index contributed by atoms with van der Waals surface area (Å²) in [5, 5.41) is 16.6. The Morgan fingerprint density at radius 3 is 2.77 bits per heavy atom. The number of nitrogens with two attached hydrogens (primary N) is 1. The number of aliphatic hydroxyl groups excluding tert-OH is 1. The number of halogens is 3. The number of nitrogens with zero attached hydrogens (tertiary/aromatic N) is 4. The monoisotopic (exact) mass is 430 g/mol. The average molecular weight is 431 g/mol. The molecule has 2 aromatic carbocycles. The molecule has 0 fully saturated rings. The van der Waals surface area contributed by atoms with Gasteiger partial charge in [-0.25, -0.2) is 23.4 Å². The van der Waals surface area contributed by atoms with Crippen molar-refractivity contribution in [1.82, 2.24) is 19.7 Å². The Morgan fingerprint density at radius 2 is 2.00 bits per heavy atom. The number of amides is 1. The quantitative estimate of drug-likeness (QED) is 0.458. The molecule has 1 atom stereocenters. The van der Waals surface area contributed by atoms with E-state index in [4.69, 9.17) is 17.3 Å². The van der Waals surface area contributed by atoms with Gasteiger partial charge in [-0.1, -0.05) is 23.7 Å². The van der Waals surface area contributed by atoms with E-state index in [-0.39, 0.29) is 22.6 Å². The second-order valence-corrected chi connectivity index (χ2v) is 6.72. The predicted molar refractivity (Wildman–Crippen MR) is 106 cm³/mol. The number of nitrogen functional groups attached to an aromatic ring is 1. The number of aromatic nitrogens is 4. The van der Waals surface area contributed by atoms with Crippen molar-refractivity contribution in [2.45, 2.75) is 6.10 Å². The maximum Gasteiger partial charge on any atom is 0.257 e. The molecule has 0 radical (unpaired) electrons.